The molecule has 0 spiro atoms. The maximum absolute atomic E-state index is 12.3. The van der Waals surface area contributed by atoms with Crippen LogP contribution >= 0.6 is 11.8 Å². The summed E-state index contributed by atoms with van der Waals surface area (Å²) in [6, 6.07) is 17.8. The maximum atomic E-state index is 12.3. The fraction of sp³-hybridized carbons (Fsp3) is 0.278. The molecule has 0 aliphatic carbocycles. The minimum atomic E-state index is -0.00143. The van der Waals surface area contributed by atoms with Crippen LogP contribution in [0.2, 0.25) is 0 Å². The first kappa shape index (κ1) is 15.6. The Kier molecular flexibility index (Phi) is 6.35. The van der Waals surface area contributed by atoms with Gasteiger partial charge in [-0.05, 0) is 29.9 Å². The summed E-state index contributed by atoms with van der Waals surface area (Å²) >= 11 is 1.76. The Morgan fingerprint density at radius 2 is 1.76 bits per heavy atom. The number of amides is 1. The summed E-state index contributed by atoms with van der Waals surface area (Å²) in [5.41, 5.74) is 1.89. The molecule has 0 saturated carbocycles. The average molecular weight is 299 g/mol. The topological polar surface area (TPSA) is 29.1 Å². The van der Waals surface area contributed by atoms with Gasteiger partial charge in [-0.15, -0.1) is 11.8 Å². The van der Waals surface area contributed by atoms with Crippen LogP contribution in [0.25, 0.3) is 0 Å². The quantitative estimate of drug-likeness (QED) is 0.602. The van der Waals surface area contributed by atoms with Crippen LogP contribution in [0.1, 0.15) is 35.7 Å². The minimum Gasteiger partial charge on any atom is -0.348 e. The third-order valence-corrected chi connectivity index (χ3v) is 4.34. The van der Waals surface area contributed by atoms with Crippen molar-refractivity contribution in [3.05, 3.63) is 65.7 Å². The zero-order valence-corrected chi connectivity index (χ0v) is 13.2. The van der Waals surface area contributed by atoms with Gasteiger partial charge in [-0.3, -0.25) is 4.79 Å². The molecule has 0 aromatic heterocycles. The van der Waals surface area contributed by atoms with E-state index in [-0.39, 0.29) is 5.91 Å². The highest BCUT2D eigenvalue weighted by Gasteiger charge is 2.10. The zero-order valence-electron chi connectivity index (χ0n) is 12.3. The number of carbonyl (C=O) groups excluding carboxylic acids is 1. The Bertz CT molecular complexity index is 568. The molecule has 0 fully saturated rings. The van der Waals surface area contributed by atoms with Crippen molar-refractivity contribution in [3.8, 4) is 0 Å². The predicted molar refractivity (Wildman–Crippen MR) is 89.7 cm³/mol. The zero-order chi connectivity index (χ0) is 14.9. The fourth-order valence-electron chi connectivity index (χ4n) is 1.98. The van der Waals surface area contributed by atoms with Crippen LogP contribution in [0.3, 0.4) is 0 Å². The number of benzene rings is 2. The van der Waals surface area contributed by atoms with E-state index < -0.39 is 0 Å². The van der Waals surface area contributed by atoms with E-state index in [1.165, 1.54) is 12.8 Å². The largest absolute Gasteiger partial charge is 0.348 e. The predicted octanol–water partition coefficient (Wildman–Crippen LogP) is 4.51. The Hall–Kier alpha value is -1.74. The van der Waals surface area contributed by atoms with Gasteiger partial charge < -0.3 is 5.32 Å². The molecule has 2 nitrogen and oxygen atoms in total. The molecule has 1 N–H and O–H groups in total. The second-order valence-electron chi connectivity index (χ2n) is 4.87. The lowest BCUT2D eigenvalue weighted by Gasteiger charge is -2.10. The summed E-state index contributed by atoms with van der Waals surface area (Å²) in [5, 5.41) is 2.99. The molecule has 0 saturated heterocycles. The Balaban J connectivity index is 1.98. The maximum Gasteiger partial charge on any atom is 0.252 e. The van der Waals surface area contributed by atoms with Gasteiger partial charge >= 0.3 is 0 Å². The van der Waals surface area contributed by atoms with Crippen molar-refractivity contribution in [3.63, 3.8) is 0 Å². The highest BCUT2D eigenvalue weighted by Crippen LogP contribution is 2.23. The lowest BCUT2D eigenvalue weighted by Crippen LogP contribution is -2.23. The van der Waals surface area contributed by atoms with E-state index in [1.807, 2.05) is 54.6 Å². The van der Waals surface area contributed by atoms with Gasteiger partial charge in [0.2, 0.25) is 0 Å². The van der Waals surface area contributed by atoms with Crippen molar-refractivity contribution in [2.45, 2.75) is 31.2 Å². The second-order valence-corrected chi connectivity index (χ2v) is 6.00. The first-order chi connectivity index (χ1) is 10.3. The molecule has 0 aliphatic heterocycles. The molecule has 0 aliphatic rings. The number of unbranched alkanes of at least 4 members (excludes halogenated alkanes) is 1. The van der Waals surface area contributed by atoms with Gasteiger partial charge in [-0.1, -0.05) is 55.8 Å². The van der Waals surface area contributed by atoms with Crippen LogP contribution in [0, 0.1) is 0 Å². The first-order valence-electron chi connectivity index (χ1n) is 7.35. The number of rotatable bonds is 7. The number of nitrogens with one attached hydrogen (secondary N) is 1. The van der Waals surface area contributed by atoms with E-state index in [1.54, 1.807) is 11.8 Å². The molecule has 2 aromatic carbocycles. The number of hydrogen-bond acceptors (Lipinski definition) is 2. The van der Waals surface area contributed by atoms with Crippen molar-refractivity contribution in [2.75, 3.05) is 5.75 Å². The summed E-state index contributed by atoms with van der Waals surface area (Å²) in [6.07, 6.45) is 2.35. The van der Waals surface area contributed by atoms with E-state index in [2.05, 4.69) is 12.2 Å². The lowest BCUT2D eigenvalue weighted by molar-refractivity contribution is 0.0948. The first-order valence-corrected chi connectivity index (χ1v) is 8.33. The molecular formula is C18H21NOS. The van der Waals surface area contributed by atoms with Crippen LogP contribution in [-0.4, -0.2) is 11.7 Å². The van der Waals surface area contributed by atoms with Crippen molar-refractivity contribution in [1.29, 1.82) is 0 Å². The Morgan fingerprint density at radius 1 is 1.05 bits per heavy atom. The molecule has 2 aromatic rings. The van der Waals surface area contributed by atoms with Gasteiger partial charge in [-0.25, -0.2) is 0 Å². The molecule has 110 valence electrons. The van der Waals surface area contributed by atoms with Crippen LogP contribution < -0.4 is 5.32 Å². The highest BCUT2D eigenvalue weighted by atomic mass is 32.2. The van der Waals surface area contributed by atoms with Crippen LogP contribution in [-0.2, 0) is 6.54 Å². The summed E-state index contributed by atoms with van der Waals surface area (Å²) in [5.74, 6) is 1.05. The molecule has 21 heavy (non-hydrogen) atoms. The SMILES string of the molecule is CCCCSc1ccccc1C(=O)NCc1ccccc1. The van der Waals surface area contributed by atoms with E-state index in [0.717, 1.165) is 21.8 Å². The summed E-state index contributed by atoms with van der Waals surface area (Å²) in [4.78, 5) is 13.4. The van der Waals surface area contributed by atoms with Crippen LogP contribution in [0.15, 0.2) is 59.5 Å². The smallest absolute Gasteiger partial charge is 0.252 e. The summed E-state index contributed by atoms with van der Waals surface area (Å²) in [6.45, 7) is 2.74. The number of hydrogen-bond donors (Lipinski definition) is 1. The normalized spacial score (nSPS) is 10.3. The van der Waals surface area contributed by atoms with Gasteiger partial charge in [0.05, 0.1) is 5.56 Å². The van der Waals surface area contributed by atoms with E-state index in [9.17, 15) is 4.79 Å². The third-order valence-electron chi connectivity index (χ3n) is 3.18. The molecule has 2 rings (SSSR count). The van der Waals surface area contributed by atoms with Crippen LogP contribution in [0.4, 0.5) is 0 Å². The van der Waals surface area contributed by atoms with Gasteiger partial charge in [0.25, 0.3) is 5.91 Å². The lowest BCUT2D eigenvalue weighted by atomic mass is 10.2. The standard InChI is InChI=1S/C18H21NOS/c1-2-3-13-21-17-12-8-7-11-16(17)18(20)19-14-15-9-5-4-6-10-15/h4-12H,2-3,13-14H2,1H3,(H,19,20). The summed E-state index contributed by atoms with van der Waals surface area (Å²) < 4.78 is 0. The van der Waals surface area contributed by atoms with Crippen molar-refractivity contribution in [2.24, 2.45) is 0 Å². The molecule has 3 heteroatoms. The second kappa shape index (κ2) is 8.53. The van der Waals surface area contributed by atoms with Gasteiger partial charge in [0.1, 0.15) is 0 Å². The highest BCUT2D eigenvalue weighted by molar-refractivity contribution is 7.99. The third kappa shape index (κ3) is 4.94. The molecule has 0 unspecified atom stereocenters. The van der Waals surface area contributed by atoms with E-state index in [4.69, 9.17) is 0 Å². The number of carbonyl (C=O) groups is 1. The van der Waals surface area contributed by atoms with Crippen LogP contribution in [0.5, 0.6) is 0 Å². The Labute approximate surface area is 131 Å². The van der Waals surface area contributed by atoms with Gasteiger partial charge in [0, 0.05) is 11.4 Å². The summed E-state index contributed by atoms with van der Waals surface area (Å²) in [7, 11) is 0. The average Bonchev–Trinajstić information content (AvgIpc) is 2.54. The van der Waals surface area contributed by atoms with Crippen molar-refractivity contribution >= 4 is 17.7 Å². The van der Waals surface area contributed by atoms with E-state index >= 15 is 0 Å². The fourth-order valence-corrected chi connectivity index (χ4v) is 3.12. The molecule has 0 heterocycles. The van der Waals surface area contributed by atoms with Crippen molar-refractivity contribution in [1.82, 2.24) is 5.32 Å². The molecular weight excluding hydrogens is 278 g/mol. The Morgan fingerprint density at radius 3 is 2.52 bits per heavy atom. The molecule has 0 bridgehead atoms. The monoisotopic (exact) mass is 299 g/mol. The molecule has 0 radical (unpaired) electrons. The van der Waals surface area contributed by atoms with E-state index in [0.29, 0.717) is 6.54 Å². The molecule has 1 amide bonds. The number of thioether (sulfide) groups is 1. The van der Waals surface area contributed by atoms with Gasteiger partial charge in [0.15, 0.2) is 0 Å². The molecule has 0 atom stereocenters. The van der Waals surface area contributed by atoms with Crippen molar-refractivity contribution < 1.29 is 4.79 Å². The van der Waals surface area contributed by atoms with Gasteiger partial charge in [-0.2, -0.15) is 0 Å². The minimum absolute atomic E-state index is 0.00143.